The first-order valence-electron chi connectivity index (χ1n) is 22.4. The maximum Gasteiger partial charge on any atom is 0.0544 e. The Labute approximate surface area is 373 Å². The monoisotopic (exact) mass is 813 g/mol. The number of fused-ring (bicyclic) bond motifs is 12. The first-order valence-corrected chi connectivity index (χ1v) is 22.4. The van der Waals surface area contributed by atoms with E-state index >= 15 is 0 Å². The van der Waals surface area contributed by atoms with E-state index in [0.29, 0.717) is 0 Å². The Hall–Kier alpha value is -8.00. The normalized spacial score (nSPS) is 13.0. The number of rotatable bonds is 5. The molecule has 12 aromatic rings. The summed E-state index contributed by atoms with van der Waals surface area (Å²) < 4.78 is 2.52. The molecule has 0 atom stereocenters. The van der Waals surface area contributed by atoms with Gasteiger partial charge in [-0.15, -0.1) is 0 Å². The van der Waals surface area contributed by atoms with Crippen molar-refractivity contribution in [2.75, 3.05) is 0 Å². The molecule has 0 fully saturated rings. The second kappa shape index (κ2) is 14.0. The van der Waals surface area contributed by atoms with Gasteiger partial charge in [0.2, 0.25) is 0 Å². The zero-order chi connectivity index (χ0) is 42.5. The summed E-state index contributed by atoms with van der Waals surface area (Å²) >= 11 is 0. The lowest BCUT2D eigenvalue weighted by Gasteiger charge is -2.22. The summed E-state index contributed by atoms with van der Waals surface area (Å²) in [6.07, 6.45) is 0. The Bertz CT molecular complexity index is 3780. The Morgan fingerprint density at radius 2 is 0.719 bits per heavy atom. The zero-order valence-electron chi connectivity index (χ0n) is 35.8. The SMILES string of the molecule is CC1(C)c2ccccc2-c2cc3c4cc(-c5ccc6c7cc(-c8ccccc8)ccc7c7ccccc7c6c5)ccc4n(-c4cc(-c5ccccc5)cc(-c5ccccc5)c4)c3cc21. The van der Waals surface area contributed by atoms with E-state index < -0.39 is 0 Å². The highest BCUT2D eigenvalue weighted by molar-refractivity contribution is 6.26. The molecule has 64 heavy (non-hydrogen) atoms. The van der Waals surface area contributed by atoms with Crippen molar-refractivity contribution in [1.29, 1.82) is 0 Å². The molecule has 0 saturated carbocycles. The van der Waals surface area contributed by atoms with Crippen molar-refractivity contribution in [2.45, 2.75) is 19.3 Å². The first-order chi connectivity index (χ1) is 31.5. The molecule has 0 saturated heterocycles. The van der Waals surface area contributed by atoms with E-state index in [-0.39, 0.29) is 5.41 Å². The Morgan fingerprint density at radius 1 is 0.266 bits per heavy atom. The third-order valence-corrected chi connectivity index (χ3v) is 14.1. The van der Waals surface area contributed by atoms with Crippen LogP contribution in [0.3, 0.4) is 0 Å². The molecule has 0 N–H and O–H groups in total. The van der Waals surface area contributed by atoms with Gasteiger partial charge in [-0.1, -0.05) is 184 Å². The molecule has 1 aliphatic carbocycles. The van der Waals surface area contributed by atoms with Gasteiger partial charge in [-0.05, 0) is 154 Å². The second-order valence-corrected chi connectivity index (χ2v) is 18.1. The van der Waals surface area contributed by atoms with Gasteiger partial charge in [0.15, 0.2) is 0 Å². The summed E-state index contributed by atoms with van der Waals surface area (Å²) in [6.45, 7) is 4.76. The molecule has 0 spiro atoms. The Kier molecular flexibility index (Phi) is 8.02. The van der Waals surface area contributed by atoms with Crippen LogP contribution in [0.15, 0.2) is 224 Å². The summed E-state index contributed by atoms with van der Waals surface area (Å²) in [5.74, 6) is 0. The predicted octanol–water partition coefficient (Wildman–Crippen LogP) is 17.2. The molecule has 1 heteroatoms. The van der Waals surface area contributed by atoms with Crippen LogP contribution in [0, 0.1) is 0 Å². The van der Waals surface area contributed by atoms with Crippen molar-refractivity contribution in [1.82, 2.24) is 4.57 Å². The Balaban J connectivity index is 1.07. The molecular formula is C63H43N. The first kappa shape index (κ1) is 36.6. The van der Waals surface area contributed by atoms with Crippen molar-refractivity contribution in [3.05, 3.63) is 236 Å². The summed E-state index contributed by atoms with van der Waals surface area (Å²) in [4.78, 5) is 0. The van der Waals surface area contributed by atoms with Gasteiger partial charge in [-0.25, -0.2) is 0 Å². The van der Waals surface area contributed by atoms with Crippen LogP contribution >= 0.6 is 0 Å². The van der Waals surface area contributed by atoms with Crippen LogP contribution in [-0.4, -0.2) is 4.57 Å². The summed E-state index contributed by atoms with van der Waals surface area (Å²) in [6, 6.07) is 83.5. The van der Waals surface area contributed by atoms with Crippen LogP contribution < -0.4 is 0 Å². The molecule has 0 unspecified atom stereocenters. The van der Waals surface area contributed by atoms with Gasteiger partial charge in [0.05, 0.1) is 11.0 Å². The van der Waals surface area contributed by atoms with E-state index in [2.05, 4.69) is 243 Å². The van der Waals surface area contributed by atoms with E-state index in [9.17, 15) is 0 Å². The fraction of sp³-hybridized carbons (Fsp3) is 0.0476. The highest BCUT2D eigenvalue weighted by Gasteiger charge is 2.36. The second-order valence-electron chi connectivity index (χ2n) is 18.1. The molecule has 300 valence electrons. The minimum absolute atomic E-state index is 0.131. The fourth-order valence-electron chi connectivity index (χ4n) is 11.0. The van der Waals surface area contributed by atoms with Gasteiger partial charge in [0.25, 0.3) is 0 Å². The quantitative estimate of drug-likeness (QED) is 0.153. The minimum Gasteiger partial charge on any atom is -0.309 e. The van der Waals surface area contributed by atoms with Gasteiger partial charge in [-0.3, -0.25) is 0 Å². The number of aromatic nitrogens is 1. The lowest BCUT2D eigenvalue weighted by atomic mass is 9.82. The third-order valence-electron chi connectivity index (χ3n) is 14.1. The van der Waals surface area contributed by atoms with Crippen molar-refractivity contribution in [2.24, 2.45) is 0 Å². The molecule has 13 rings (SSSR count). The van der Waals surface area contributed by atoms with Crippen molar-refractivity contribution >= 4 is 54.1 Å². The van der Waals surface area contributed by atoms with E-state index in [1.165, 1.54) is 121 Å². The number of hydrogen-bond acceptors (Lipinski definition) is 0. The van der Waals surface area contributed by atoms with Crippen LogP contribution in [-0.2, 0) is 5.41 Å². The summed E-state index contributed by atoms with van der Waals surface area (Å²) in [5.41, 5.74) is 18.6. The number of hydrogen-bond donors (Lipinski definition) is 0. The molecule has 0 bridgehead atoms. The highest BCUT2D eigenvalue weighted by Crippen LogP contribution is 2.51. The van der Waals surface area contributed by atoms with Gasteiger partial charge in [0.1, 0.15) is 0 Å². The molecule has 0 amide bonds. The standard InChI is InChI=1S/C63H43N/c1-63(2)59-25-15-14-24-53(59)56-38-58-57-37-45(44-27-30-52-54(36-44)50-23-13-12-22-49(50)51-29-26-43(35-55(51)52)40-16-6-3-7-17-40)28-31-61(57)64(62(58)39-60(56)63)48-33-46(41-18-8-4-9-19-41)32-47(34-48)42-20-10-5-11-21-42/h3-39H,1-2H3. The average Bonchev–Trinajstić information content (AvgIpc) is 3.80. The lowest BCUT2D eigenvalue weighted by Crippen LogP contribution is -2.14. The molecule has 0 radical (unpaired) electrons. The highest BCUT2D eigenvalue weighted by atomic mass is 15.0. The molecule has 1 heterocycles. The van der Waals surface area contributed by atoms with Crippen LogP contribution in [0.5, 0.6) is 0 Å². The zero-order valence-corrected chi connectivity index (χ0v) is 35.8. The Morgan fingerprint density at radius 3 is 1.34 bits per heavy atom. The van der Waals surface area contributed by atoms with Gasteiger partial charge >= 0.3 is 0 Å². The van der Waals surface area contributed by atoms with Crippen molar-refractivity contribution in [3.63, 3.8) is 0 Å². The van der Waals surface area contributed by atoms with Crippen LogP contribution in [0.4, 0.5) is 0 Å². The number of benzene rings is 11. The van der Waals surface area contributed by atoms with Crippen molar-refractivity contribution < 1.29 is 0 Å². The lowest BCUT2D eigenvalue weighted by molar-refractivity contribution is 0.661. The average molecular weight is 814 g/mol. The smallest absolute Gasteiger partial charge is 0.0544 e. The van der Waals surface area contributed by atoms with Crippen molar-refractivity contribution in [3.8, 4) is 61.3 Å². The number of nitrogens with zero attached hydrogens (tertiary/aromatic N) is 1. The van der Waals surface area contributed by atoms with Gasteiger partial charge in [-0.2, -0.15) is 0 Å². The molecular weight excluding hydrogens is 771 g/mol. The fourth-order valence-corrected chi connectivity index (χ4v) is 11.0. The van der Waals surface area contributed by atoms with Gasteiger partial charge < -0.3 is 4.57 Å². The molecule has 1 nitrogen and oxygen atoms in total. The molecule has 1 aromatic heterocycles. The van der Waals surface area contributed by atoms with Crippen LogP contribution in [0.2, 0.25) is 0 Å². The molecule has 0 aliphatic heterocycles. The molecule has 1 aliphatic rings. The van der Waals surface area contributed by atoms with E-state index in [0.717, 1.165) is 5.69 Å². The molecule has 11 aromatic carbocycles. The summed E-state index contributed by atoms with van der Waals surface area (Å²) in [5, 5.41) is 10.2. The van der Waals surface area contributed by atoms with E-state index in [1.807, 2.05) is 0 Å². The van der Waals surface area contributed by atoms with Gasteiger partial charge in [0, 0.05) is 21.9 Å². The third kappa shape index (κ3) is 5.57. The van der Waals surface area contributed by atoms with E-state index in [4.69, 9.17) is 0 Å². The summed E-state index contributed by atoms with van der Waals surface area (Å²) in [7, 11) is 0. The van der Waals surface area contributed by atoms with Crippen LogP contribution in [0.25, 0.3) is 115 Å². The minimum atomic E-state index is -0.131. The maximum atomic E-state index is 2.52. The van der Waals surface area contributed by atoms with E-state index in [1.54, 1.807) is 0 Å². The maximum absolute atomic E-state index is 2.52. The largest absolute Gasteiger partial charge is 0.309 e. The topological polar surface area (TPSA) is 4.93 Å². The van der Waals surface area contributed by atoms with Crippen LogP contribution in [0.1, 0.15) is 25.0 Å². The predicted molar refractivity (Wildman–Crippen MR) is 273 cm³/mol.